The molecular formula is C28H21BrN2OS. The molecule has 4 aromatic carbocycles. The van der Waals surface area contributed by atoms with Gasteiger partial charge in [-0.15, -0.1) is 11.8 Å². The van der Waals surface area contributed by atoms with E-state index in [1.54, 1.807) is 0 Å². The molecule has 0 unspecified atom stereocenters. The van der Waals surface area contributed by atoms with Gasteiger partial charge in [-0.3, -0.25) is 4.90 Å². The fourth-order valence-corrected chi connectivity index (χ4v) is 6.40. The highest BCUT2D eigenvalue weighted by molar-refractivity contribution is 9.10. The van der Waals surface area contributed by atoms with E-state index < -0.39 is 5.72 Å². The third-order valence-corrected chi connectivity index (χ3v) is 7.99. The van der Waals surface area contributed by atoms with Crippen molar-refractivity contribution in [3.8, 4) is 0 Å². The second-order valence-electron chi connectivity index (χ2n) is 8.19. The Kier molecular flexibility index (Phi) is 5.24. The van der Waals surface area contributed by atoms with Gasteiger partial charge in [-0.2, -0.15) is 0 Å². The van der Waals surface area contributed by atoms with Crippen LogP contribution >= 0.6 is 27.7 Å². The van der Waals surface area contributed by atoms with E-state index >= 15 is 0 Å². The number of fused-ring (bicyclic) bond motifs is 3. The Morgan fingerprint density at radius 3 is 2.36 bits per heavy atom. The maximum atomic E-state index is 6.51. The minimum absolute atomic E-state index is 0.203. The number of amidine groups is 1. The number of oxime groups is 1. The molecule has 2 aliphatic rings. The van der Waals surface area contributed by atoms with Crippen LogP contribution in [0.25, 0.3) is 0 Å². The molecule has 0 aliphatic carbocycles. The average molecular weight is 513 g/mol. The van der Waals surface area contributed by atoms with Crippen LogP contribution in [-0.2, 0) is 10.6 Å². The van der Waals surface area contributed by atoms with E-state index in [0.717, 1.165) is 33.5 Å². The molecule has 2 atom stereocenters. The Morgan fingerprint density at radius 2 is 1.58 bits per heavy atom. The minimum Gasteiger partial charge on any atom is -0.360 e. The van der Waals surface area contributed by atoms with Crippen molar-refractivity contribution in [2.45, 2.75) is 22.3 Å². The molecular weight excluding hydrogens is 492 g/mol. The van der Waals surface area contributed by atoms with E-state index in [9.17, 15) is 0 Å². The first-order valence-electron chi connectivity index (χ1n) is 10.9. The molecule has 6 rings (SSSR count). The molecule has 0 bridgehead atoms. The van der Waals surface area contributed by atoms with Crippen molar-refractivity contribution in [2.75, 3.05) is 4.90 Å². The first kappa shape index (κ1) is 20.6. The van der Waals surface area contributed by atoms with Crippen LogP contribution in [0.5, 0.6) is 0 Å². The van der Waals surface area contributed by atoms with Gasteiger partial charge in [0.05, 0.1) is 5.69 Å². The fourth-order valence-electron chi connectivity index (χ4n) is 4.66. The van der Waals surface area contributed by atoms with E-state index in [1.165, 1.54) is 10.5 Å². The number of benzene rings is 4. The van der Waals surface area contributed by atoms with Crippen LogP contribution in [0, 0.1) is 0 Å². The second-order valence-corrected chi connectivity index (χ2v) is 10.4. The number of thioether (sulfide) groups is 1. The van der Waals surface area contributed by atoms with Crippen molar-refractivity contribution in [1.29, 1.82) is 0 Å². The monoisotopic (exact) mass is 512 g/mol. The number of hydrogen-bond donors (Lipinski definition) is 0. The van der Waals surface area contributed by atoms with Gasteiger partial charge < -0.3 is 4.84 Å². The van der Waals surface area contributed by atoms with Crippen molar-refractivity contribution in [2.24, 2.45) is 5.16 Å². The van der Waals surface area contributed by atoms with Crippen molar-refractivity contribution >= 4 is 39.2 Å². The molecule has 0 amide bonds. The molecule has 2 aliphatic heterocycles. The maximum Gasteiger partial charge on any atom is 0.242 e. The van der Waals surface area contributed by atoms with E-state index in [4.69, 9.17) is 9.99 Å². The van der Waals surface area contributed by atoms with E-state index in [-0.39, 0.29) is 5.25 Å². The van der Waals surface area contributed by atoms with Crippen LogP contribution in [0.1, 0.15) is 28.4 Å². The quantitative estimate of drug-likeness (QED) is 0.280. The standard InChI is InChI=1S/C28H21BrN2OS/c29-23-15-9-12-21(18-23)27-30-32-28(22-13-5-2-6-14-22)19-26(20-10-3-1-4-11-20)33-25-17-8-7-16-24(25)31(27)28/h1-18,26H,19H2/t26-,28-/m0/s1. The smallest absolute Gasteiger partial charge is 0.242 e. The highest BCUT2D eigenvalue weighted by Gasteiger charge is 2.52. The molecule has 4 aromatic rings. The zero-order valence-corrected chi connectivity index (χ0v) is 20.2. The Balaban J connectivity index is 1.58. The molecule has 0 N–H and O–H groups in total. The van der Waals surface area contributed by atoms with E-state index in [1.807, 2.05) is 30.0 Å². The summed E-state index contributed by atoms with van der Waals surface area (Å²) in [5.41, 5.74) is 3.76. The lowest BCUT2D eigenvalue weighted by molar-refractivity contribution is -0.0283. The van der Waals surface area contributed by atoms with Crippen LogP contribution in [0.2, 0.25) is 0 Å². The molecule has 3 nitrogen and oxygen atoms in total. The van der Waals surface area contributed by atoms with Gasteiger partial charge in [0.1, 0.15) is 0 Å². The topological polar surface area (TPSA) is 24.8 Å². The normalized spacial score (nSPS) is 21.4. The Morgan fingerprint density at radius 1 is 0.848 bits per heavy atom. The molecule has 2 heterocycles. The van der Waals surface area contributed by atoms with Crippen molar-refractivity contribution in [3.63, 3.8) is 0 Å². The third kappa shape index (κ3) is 3.56. The van der Waals surface area contributed by atoms with Crippen LogP contribution in [-0.4, -0.2) is 5.84 Å². The predicted octanol–water partition coefficient (Wildman–Crippen LogP) is 7.74. The molecule has 0 spiro atoms. The van der Waals surface area contributed by atoms with Crippen LogP contribution in [0.4, 0.5) is 5.69 Å². The number of hydrogen-bond acceptors (Lipinski definition) is 4. The van der Waals surface area contributed by atoms with Crippen molar-refractivity contribution in [3.05, 3.63) is 130 Å². The van der Waals surface area contributed by atoms with E-state index in [2.05, 4.69) is 112 Å². The minimum atomic E-state index is -0.751. The van der Waals surface area contributed by atoms with Crippen LogP contribution < -0.4 is 4.90 Å². The zero-order valence-electron chi connectivity index (χ0n) is 17.8. The summed E-state index contributed by atoms with van der Waals surface area (Å²) in [6.07, 6.45) is 0.751. The number of nitrogens with zero attached hydrogens (tertiary/aromatic N) is 2. The predicted molar refractivity (Wildman–Crippen MR) is 138 cm³/mol. The highest BCUT2D eigenvalue weighted by Crippen LogP contribution is 2.56. The summed E-state index contributed by atoms with van der Waals surface area (Å²) in [6, 6.07) is 38.0. The van der Waals surface area contributed by atoms with E-state index in [0.29, 0.717) is 0 Å². The van der Waals surface area contributed by atoms with Gasteiger partial charge in [-0.25, -0.2) is 0 Å². The van der Waals surface area contributed by atoms with Gasteiger partial charge in [0.2, 0.25) is 5.72 Å². The first-order chi connectivity index (χ1) is 16.2. The average Bonchev–Trinajstić information content (AvgIpc) is 3.18. The molecule has 162 valence electrons. The van der Waals surface area contributed by atoms with Gasteiger partial charge in [0, 0.05) is 32.2 Å². The van der Waals surface area contributed by atoms with Crippen LogP contribution in [0.15, 0.2) is 124 Å². The fraction of sp³-hybridized carbons (Fsp3) is 0.107. The Hall–Kier alpha value is -3.02. The van der Waals surface area contributed by atoms with Gasteiger partial charge in [-0.05, 0) is 29.8 Å². The molecule has 0 aromatic heterocycles. The van der Waals surface area contributed by atoms with Gasteiger partial charge in [0.15, 0.2) is 5.84 Å². The lowest BCUT2D eigenvalue weighted by atomic mass is 9.92. The number of rotatable bonds is 3. The summed E-state index contributed by atoms with van der Waals surface area (Å²) in [7, 11) is 0. The summed E-state index contributed by atoms with van der Waals surface area (Å²) >= 11 is 5.52. The summed E-state index contributed by atoms with van der Waals surface area (Å²) in [5.74, 6) is 0.821. The van der Waals surface area contributed by atoms with Crippen molar-refractivity contribution in [1.82, 2.24) is 0 Å². The lowest BCUT2D eigenvalue weighted by Crippen LogP contribution is -2.47. The summed E-state index contributed by atoms with van der Waals surface area (Å²) in [6.45, 7) is 0. The second kappa shape index (κ2) is 8.40. The van der Waals surface area contributed by atoms with Gasteiger partial charge in [-0.1, -0.05) is 106 Å². The summed E-state index contributed by atoms with van der Waals surface area (Å²) in [5, 5.41) is 4.92. The SMILES string of the molecule is Brc1cccc(C2=NO[C@]3(c4ccccc4)C[C@@H](c4ccccc4)Sc4ccccc4N23)c1. The maximum absolute atomic E-state index is 6.51. The van der Waals surface area contributed by atoms with Crippen molar-refractivity contribution < 1.29 is 4.84 Å². The lowest BCUT2D eigenvalue weighted by Gasteiger charge is -2.37. The molecule has 5 heteroatoms. The molecule has 33 heavy (non-hydrogen) atoms. The van der Waals surface area contributed by atoms with Gasteiger partial charge in [0.25, 0.3) is 0 Å². The Bertz CT molecular complexity index is 1330. The molecule has 0 saturated heterocycles. The summed E-state index contributed by atoms with van der Waals surface area (Å²) in [4.78, 5) is 10.0. The summed E-state index contributed by atoms with van der Waals surface area (Å²) < 4.78 is 1.01. The first-order valence-corrected chi connectivity index (χ1v) is 12.6. The largest absolute Gasteiger partial charge is 0.360 e. The number of halogens is 1. The number of para-hydroxylation sites is 1. The zero-order chi connectivity index (χ0) is 22.3. The molecule has 0 saturated carbocycles. The highest BCUT2D eigenvalue weighted by atomic mass is 79.9. The van der Waals surface area contributed by atoms with Crippen LogP contribution in [0.3, 0.4) is 0 Å². The molecule has 0 fully saturated rings. The van der Waals surface area contributed by atoms with Gasteiger partial charge >= 0.3 is 0 Å². The third-order valence-electron chi connectivity index (χ3n) is 6.17. The molecule has 0 radical (unpaired) electrons. The number of anilines is 1. The Labute approximate surface area is 206 Å².